The second-order valence-electron chi connectivity index (χ2n) is 11.3. The molecule has 3 heterocycles. The first-order chi connectivity index (χ1) is 19.9. The van der Waals surface area contributed by atoms with Crippen LogP contribution in [0.1, 0.15) is 55.5 Å². The molecule has 0 aliphatic carbocycles. The van der Waals surface area contributed by atoms with Gasteiger partial charge in [-0.3, -0.25) is 9.78 Å². The van der Waals surface area contributed by atoms with Gasteiger partial charge in [0.05, 0.1) is 46.3 Å². The number of benzene rings is 2. The fraction of sp³-hybridized carbons (Fsp3) is 0.281. The third-order valence-corrected chi connectivity index (χ3v) is 8.58. The number of hydrogen-bond donors (Lipinski definition) is 2. The van der Waals surface area contributed by atoms with Gasteiger partial charge in [-0.15, -0.1) is 0 Å². The van der Waals surface area contributed by atoms with E-state index < -0.39 is 5.41 Å². The molecule has 0 bridgehead atoms. The number of amides is 1. The van der Waals surface area contributed by atoms with E-state index in [0.29, 0.717) is 26.6 Å². The van der Waals surface area contributed by atoms with Gasteiger partial charge in [0.25, 0.3) is 0 Å². The van der Waals surface area contributed by atoms with E-state index in [4.69, 9.17) is 40.2 Å². The van der Waals surface area contributed by atoms with Gasteiger partial charge in [0, 0.05) is 34.8 Å². The van der Waals surface area contributed by atoms with Gasteiger partial charge in [0.15, 0.2) is 5.11 Å². The van der Waals surface area contributed by atoms with Crippen molar-refractivity contribution in [3.63, 3.8) is 0 Å². The molecule has 1 fully saturated rings. The third kappa shape index (κ3) is 5.46. The van der Waals surface area contributed by atoms with Crippen molar-refractivity contribution >= 4 is 57.8 Å². The van der Waals surface area contributed by atoms with Crippen LogP contribution in [0.25, 0.3) is 5.69 Å². The van der Waals surface area contributed by atoms with Crippen molar-refractivity contribution < 1.29 is 9.53 Å². The number of rotatable bonds is 6. The van der Waals surface area contributed by atoms with Crippen LogP contribution in [0, 0.1) is 19.3 Å². The molecular formula is C32H33Cl2N5O2S. The Labute approximate surface area is 261 Å². The van der Waals surface area contributed by atoms with Crippen LogP contribution in [0.5, 0.6) is 5.75 Å². The first-order valence-corrected chi connectivity index (χ1v) is 14.7. The molecule has 7 nitrogen and oxygen atoms in total. The molecule has 0 unspecified atom stereocenters. The number of halogens is 2. The monoisotopic (exact) mass is 621 g/mol. The zero-order chi connectivity index (χ0) is 30.3. The van der Waals surface area contributed by atoms with Gasteiger partial charge in [0.2, 0.25) is 5.91 Å². The van der Waals surface area contributed by atoms with Crippen molar-refractivity contribution in [3.05, 3.63) is 99.6 Å². The van der Waals surface area contributed by atoms with Gasteiger partial charge in [-0.25, -0.2) is 0 Å². The number of ether oxygens (including phenoxy) is 1. The molecule has 2 N–H and O–H groups in total. The van der Waals surface area contributed by atoms with E-state index in [9.17, 15) is 4.79 Å². The highest BCUT2D eigenvalue weighted by molar-refractivity contribution is 7.80. The molecule has 5 rings (SSSR count). The minimum Gasteiger partial charge on any atom is -0.494 e. The molecular weight excluding hydrogens is 589 g/mol. The molecule has 10 heteroatoms. The highest BCUT2D eigenvalue weighted by Gasteiger charge is 2.42. The quantitative estimate of drug-likeness (QED) is 0.213. The van der Waals surface area contributed by atoms with Crippen LogP contribution in [-0.4, -0.2) is 27.7 Å². The number of pyridine rings is 1. The summed E-state index contributed by atoms with van der Waals surface area (Å²) in [5.41, 5.74) is 5.56. The molecule has 2 aromatic heterocycles. The number of hydrogen-bond acceptors (Lipinski definition) is 4. The Morgan fingerprint density at radius 2 is 1.83 bits per heavy atom. The maximum absolute atomic E-state index is 12.7. The highest BCUT2D eigenvalue weighted by atomic mass is 35.5. The van der Waals surface area contributed by atoms with Crippen LogP contribution in [0.3, 0.4) is 0 Å². The normalized spacial score (nSPS) is 16.9. The lowest BCUT2D eigenvalue weighted by Crippen LogP contribution is -2.30. The van der Waals surface area contributed by atoms with E-state index in [0.717, 1.165) is 34.0 Å². The maximum atomic E-state index is 12.7. The van der Waals surface area contributed by atoms with Crippen LogP contribution in [0.15, 0.2) is 66.9 Å². The predicted molar refractivity (Wildman–Crippen MR) is 174 cm³/mol. The van der Waals surface area contributed by atoms with Crippen LogP contribution < -0.4 is 20.3 Å². The molecule has 1 aliphatic rings. The topological polar surface area (TPSA) is 71.4 Å². The summed E-state index contributed by atoms with van der Waals surface area (Å²) in [5, 5.41) is 8.04. The lowest BCUT2D eigenvalue weighted by molar-refractivity contribution is -0.123. The van der Waals surface area contributed by atoms with Crippen LogP contribution in [-0.2, 0) is 4.79 Å². The van der Waals surface area contributed by atoms with Gasteiger partial charge >= 0.3 is 0 Å². The summed E-state index contributed by atoms with van der Waals surface area (Å²) >= 11 is 19.0. The van der Waals surface area contributed by atoms with Gasteiger partial charge in [0.1, 0.15) is 5.75 Å². The van der Waals surface area contributed by atoms with Gasteiger partial charge in [-0.1, -0.05) is 56.1 Å². The Hall–Kier alpha value is -3.59. The van der Waals surface area contributed by atoms with E-state index in [-0.39, 0.29) is 18.0 Å². The van der Waals surface area contributed by atoms with Crippen molar-refractivity contribution in [2.75, 3.05) is 17.3 Å². The Balaban J connectivity index is 1.64. The number of aryl methyl sites for hydroxylation is 1. The molecule has 4 aromatic rings. The minimum atomic E-state index is -0.556. The fourth-order valence-electron chi connectivity index (χ4n) is 5.31. The third-order valence-electron chi connectivity index (χ3n) is 7.45. The average Bonchev–Trinajstić information content (AvgIpc) is 3.45. The summed E-state index contributed by atoms with van der Waals surface area (Å²) in [5.74, 6) is 0.427. The van der Waals surface area contributed by atoms with Crippen LogP contribution >= 0.6 is 35.4 Å². The Morgan fingerprint density at radius 1 is 1.07 bits per heavy atom. The Bertz CT molecular complexity index is 1670. The van der Waals surface area contributed by atoms with E-state index >= 15 is 0 Å². The number of anilines is 2. The molecule has 218 valence electrons. The predicted octanol–water partition coefficient (Wildman–Crippen LogP) is 7.97. The largest absolute Gasteiger partial charge is 0.494 e. The number of methoxy groups -OCH3 is 1. The highest BCUT2D eigenvalue weighted by Crippen LogP contribution is 2.45. The first-order valence-electron chi connectivity index (χ1n) is 13.6. The Kier molecular flexibility index (Phi) is 8.25. The number of thiocarbonyl (C=S) groups is 1. The van der Waals surface area contributed by atoms with E-state index in [1.165, 1.54) is 0 Å². The zero-order valence-electron chi connectivity index (χ0n) is 24.3. The number of nitrogens with zero attached hydrogens (tertiary/aromatic N) is 3. The number of nitrogens with one attached hydrogen (secondary N) is 2. The number of carbonyl (C=O) groups is 1. The molecule has 2 atom stereocenters. The minimum absolute atomic E-state index is 0.105. The summed E-state index contributed by atoms with van der Waals surface area (Å²) in [6, 6.07) is 18.8. The Morgan fingerprint density at radius 3 is 2.50 bits per heavy atom. The van der Waals surface area contributed by atoms with Gasteiger partial charge in [-0.05, 0) is 74.1 Å². The van der Waals surface area contributed by atoms with Crippen LogP contribution in [0.4, 0.5) is 11.4 Å². The smallest absolute Gasteiger partial charge is 0.229 e. The number of carbonyl (C=O) groups excluding carboxylic acids is 1. The molecule has 1 amide bonds. The first kappa shape index (κ1) is 29.9. The molecule has 2 aromatic carbocycles. The molecule has 42 heavy (non-hydrogen) atoms. The molecule has 0 saturated carbocycles. The SMILES string of the molecule is COc1cc(N2C(=S)N[C@@H](c3ccccn3)[C@H]2c2cc(C)n(-c3cccc(Cl)c3Cl)c2C)ccc1NC(=O)C(C)(C)C. The van der Waals surface area contributed by atoms with Crippen molar-refractivity contribution in [2.45, 2.75) is 46.7 Å². The van der Waals surface area contributed by atoms with Crippen molar-refractivity contribution in [2.24, 2.45) is 5.41 Å². The van der Waals surface area contributed by atoms with Crippen molar-refractivity contribution in [3.8, 4) is 11.4 Å². The van der Waals surface area contributed by atoms with Crippen molar-refractivity contribution in [1.82, 2.24) is 14.9 Å². The lowest BCUT2D eigenvalue weighted by atomic mass is 9.95. The summed E-state index contributed by atoms with van der Waals surface area (Å²) in [4.78, 5) is 19.5. The molecule has 1 saturated heterocycles. The molecule has 1 aliphatic heterocycles. The second-order valence-corrected chi connectivity index (χ2v) is 12.5. The molecule has 0 spiro atoms. The van der Waals surface area contributed by atoms with E-state index in [1.54, 1.807) is 19.4 Å². The fourth-order valence-corrected chi connectivity index (χ4v) is 6.04. The van der Waals surface area contributed by atoms with Crippen molar-refractivity contribution in [1.29, 1.82) is 0 Å². The lowest BCUT2D eigenvalue weighted by Gasteiger charge is -2.29. The van der Waals surface area contributed by atoms with Gasteiger partial charge in [-0.2, -0.15) is 0 Å². The number of aromatic nitrogens is 2. The van der Waals surface area contributed by atoms with E-state index in [1.807, 2.05) is 76.2 Å². The maximum Gasteiger partial charge on any atom is 0.229 e. The summed E-state index contributed by atoms with van der Waals surface area (Å²) < 4.78 is 7.84. The summed E-state index contributed by atoms with van der Waals surface area (Å²) in [6.45, 7) is 9.72. The zero-order valence-corrected chi connectivity index (χ0v) is 26.7. The van der Waals surface area contributed by atoms with Crippen LogP contribution in [0.2, 0.25) is 10.0 Å². The van der Waals surface area contributed by atoms with Gasteiger partial charge < -0.3 is 24.8 Å². The second kappa shape index (κ2) is 11.6. The summed E-state index contributed by atoms with van der Waals surface area (Å²) in [6.07, 6.45) is 1.78. The standard InChI is InChI=1S/C32H33Cl2N5O2S/c1-18-16-21(19(2)38(18)25-12-9-10-22(33)27(25)34)29-28(24-11-7-8-15-35-24)37-31(42)39(29)20-13-14-23(26(17-20)41-6)36-30(40)32(3,4)5/h7-17,28-29H,1-6H3,(H,36,40)(H,37,42)/t28-,29+/m0/s1. The average molecular weight is 623 g/mol. The molecule has 0 radical (unpaired) electrons. The summed E-state index contributed by atoms with van der Waals surface area (Å²) in [7, 11) is 1.59. The van der Waals surface area contributed by atoms with E-state index in [2.05, 4.69) is 38.1 Å².